The van der Waals surface area contributed by atoms with Crippen LogP contribution in [0.15, 0.2) is 121 Å². The second-order valence-electron chi connectivity index (χ2n) is 14.5. The van der Waals surface area contributed by atoms with Gasteiger partial charge in [0.1, 0.15) is 11.5 Å². The van der Waals surface area contributed by atoms with E-state index in [-0.39, 0.29) is 38.4 Å². The molecule has 0 aliphatic carbocycles. The van der Waals surface area contributed by atoms with E-state index in [1.807, 2.05) is 97.1 Å². The molecule has 5 heteroatoms. The van der Waals surface area contributed by atoms with Crippen LogP contribution in [0.25, 0.3) is 22.3 Å². The molecule has 2 N–H and O–H groups in total. The number of aromatic hydroxyl groups is 2. The van der Waals surface area contributed by atoms with Crippen molar-refractivity contribution in [1.82, 2.24) is 0 Å². The van der Waals surface area contributed by atoms with Crippen molar-refractivity contribution in [3.05, 3.63) is 191 Å². The van der Waals surface area contributed by atoms with Crippen molar-refractivity contribution >= 4 is 0 Å². The Morgan fingerprint density at radius 2 is 0.804 bits per heavy atom. The molecule has 0 saturated heterocycles. The minimum absolute atomic E-state index is 0. The molecule has 0 radical (unpaired) electrons. The van der Waals surface area contributed by atoms with Crippen molar-refractivity contribution in [2.75, 3.05) is 14.2 Å². The van der Waals surface area contributed by atoms with Gasteiger partial charge in [-0.3, -0.25) is 0 Å². The Kier molecular flexibility index (Phi) is 18.2. The average Bonchev–Trinajstić information content (AvgIpc) is 3.14. The first-order chi connectivity index (χ1) is 26.3. The molecule has 0 aromatic heterocycles. The molecule has 0 amide bonds. The third-order valence-electron chi connectivity index (χ3n) is 9.91. The van der Waals surface area contributed by atoms with Crippen LogP contribution in [0.5, 0.6) is 11.5 Å². The van der Waals surface area contributed by atoms with Crippen LogP contribution in [-0.4, -0.2) is 36.6 Å². The normalized spacial score (nSPS) is 11.6. The third kappa shape index (κ3) is 12.7. The van der Waals surface area contributed by atoms with Crippen LogP contribution < -0.4 is 0 Å². The zero-order chi connectivity index (χ0) is 40.1. The van der Waals surface area contributed by atoms with E-state index in [1.54, 1.807) is 14.2 Å². The zero-order valence-electron chi connectivity index (χ0n) is 34.4. The van der Waals surface area contributed by atoms with Gasteiger partial charge in [-0.05, 0) is 86.1 Å². The second-order valence-corrected chi connectivity index (χ2v) is 14.5. The van der Waals surface area contributed by atoms with Gasteiger partial charge in [-0.15, -0.1) is 24.3 Å². The van der Waals surface area contributed by atoms with Gasteiger partial charge < -0.3 is 19.7 Å². The Labute approximate surface area is 355 Å². The fourth-order valence-electron chi connectivity index (χ4n) is 7.39. The summed E-state index contributed by atoms with van der Waals surface area (Å²) in [5, 5.41) is 22.7. The average molecular weight is 826 g/mol. The fraction of sp³-hybridized carbons (Fsp3) is 0.255. The van der Waals surface area contributed by atoms with Crippen LogP contribution in [0.2, 0.25) is 0 Å². The number of hydrogen-bond acceptors (Lipinski definition) is 4. The molecule has 2 atom stereocenters. The van der Waals surface area contributed by atoms with E-state index < -0.39 is 0 Å². The standard InChI is InChI=1S/C37H44O4.2C7H7.Zr/c1-22-15-24(3)34(25(4)16-22)32-13-9-11-28(36(32)38)19-30(40-7)21-31(41-8)20-29-12-10-14-33(37(29)39)35-26(5)17-23(2)18-27(35)6;2*1-7-5-3-2-4-6-7;/h9-18,30-31,38-39H,19-21H2,1-8H3;2*2-6H,1H2;/q;2*-1;+2/t30-,31-;;;/m1.../s1. The van der Waals surface area contributed by atoms with Gasteiger partial charge >= 0.3 is 26.2 Å². The fourth-order valence-corrected chi connectivity index (χ4v) is 7.39. The van der Waals surface area contributed by atoms with Crippen molar-refractivity contribution in [2.45, 2.75) is 73.0 Å². The van der Waals surface area contributed by atoms with Crippen LogP contribution in [0.1, 0.15) is 62.1 Å². The van der Waals surface area contributed by atoms with Crippen LogP contribution in [0, 0.1) is 55.4 Å². The first-order valence-corrected chi connectivity index (χ1v) is 18.9. The van der Waals surface area contributed by atoms with E-state index in [4.69, 9.17) is 9.47 Å². The van der Waals surface area contributed by atoms with Gasteiger partial charge in [0.2, 0.25) is 0 Å². The SMILES string of the molecule is CO[C@H](Cc1cccc(-c2c(C)cc(C)cc2C)c1O)C[C@@H](Cc1cccc(-c2c(C)cc(C)cc2C)c1O)OC.[CH2-]c1ccccc1.[CH2-]c1ccccc1.[Zr+2]. The number of hydrogen-bond donors (Lipinski definition) is 2. The molecule has 6 aromatic rings. The molecule has 0 unspecified atom stereocenters. The Balaban J connectivity index is 0.000000467. The van der Waals surface area contributed by atoms with E-state index in [9.17, 15) is 10.2 Å². The van der Waals surface area contributed by atoms with Crippen molar-refractivity contribution < 1.29 is 45.9 Å². The Morgan fingerprint density at radius 3 is 1.07 bits per heavy atom. The van der Waals surface area contributed by atoms with E-state index >= 15 is 0 Å². The predicted octanol–water partition coefficient (Wildman–Crippen LogP) is 12.2. The van der Waals surface area contributed by atoms with Crippen LogP contribution in [0.4, 0.5) is 0 Å². The monoisotopic (exact) mass is 824 g/mol. The molecule has 0 aliphatic rings. The molecule has 290 valence electrons. The summed E-state index contributed by atoms with van der Waals surface area (Å²) in [6, 6.07) is 40.3. The Hall–Kier alpha value is -4.54. The minimum atomic E-state index is -0.173. The summed E-state index contributed by atoms with van der Waals surface area (Å²) in [4.78, 5) is 0. The van der Waals surface area contributed by atoms with Crippen molar-refractivity contribution in [1.29, 1.82) is 0 Å². The van der Waals surface area contributed by atoms with Crippen LogP contribution >= 0.6 is 0 Å². The summed E-state index contributed by atoms with van der Waals surface area (Å²) in [5.41, 5.74) is 14.7. The van der Waals surface area contributed by atoms with Gasteiger partial charge in [0.05, 0.1) is 12.2 Å². The van der Waals surface area contributed by atoms with E-state index in [0.29, 0.717) is 30.8 Å². The molecule has 6 rings (SSSR count). The maximum atomic E-state index is 11.3. The van der Waals surface area contributed by atoms with Crippen molar-refractivity contribution in [3.8, 4) is 33.8 Å². The summed E-state index contributed by atoms with van der Waals surface area (Å²) in [7, 11) is 3.40. The van der Waals surface area contributed by atoms with Gasteiger partial charge in [-0.25, -0.2) is 0 Å². The number of methoxy groups -OCH3 is 2. The zero-order valence-corrected chi connectivity index (χ0v) is 36.9. The Morgan fingerprint density at radius 1 is 0.482 bits per heavy atom. The summed E-state index contributed by atoms with van der Waals surface area (Å²) < 4.78 is 11.8. The predicted molar refractivity (Wildman–Crippen MR) is 231 cm³/mol. The molecular weight excluding hydrogens is 768 g/mol. The molecule has 4 nitrogen and oxygen atoms in total. The van der Waals surface area contributed by atoms with Gasteiger partial charge in [-0.2, -0.15) is 49.2 Å². The smallest absolute Gasteiger partial charge is 0.507 e. The second kappa shape index (κ2) is 22.3. The maximum absolute atomic E-state index is 11.3. The number of ether oxygens (including phenoxy) is 2. The van der Waals surface area contributed by atoms with Crippen molar-refractivity contribution in [2.24, 2.45) is 0 Å². The van der Waals surface area contributed by atoms with Crippen LogP contribution in [0.3, 0.4) is 0 Å². The number of para-hydroxylation sites is 2. The van der Waals surface area contributed by atoms with E-state index in [0.717, 1.165) is 66.8 Å². The first kappa shape index (κ1) is 45.8. The topological polar surface area (TPSA) is 58.9 Å². The van der Waals surface area contributed by atoms with E-state index in [1.165, 1.54) is 11.1 Å². The Bertz CT molecular complexity index is 1930. The molecule has 0 bridgehead atoms. The summed E-state index contributed by atoms with van der Waals surface area (Å²) in [6.07, 6.45) is 1.37. The molecule has 0 aliphatic heterocycles. The maximum Gasteiger partial charge on any atom is 2.00 e. The van der Waals surface area contributed by atoms with Crippen LogP contribution in [-0.2, 0) is 48.5 Å². The van der Waals surface area contributed by atoms with Gasteiger partial charge in [0.25, 0.3) is 0 Å². The molecule has 0 spiro atoms. The quantitative estimate of drug-likeness (QED) is 0.135. The molecular formula is C51H58O4Zr. The molecule has 0 saturated carbocycles. The van der Waals surface area contributed by atoms with Gasteiger partial charge in [0.15, 0.2) is 0 Å². The van der Waals surface area contributed by atoms with Gasteiger partial charge in [0, 0.05) is 44.6 Å². The number of phenols is 2. The number of rotatable bonds is 10. The number of benzene rings is 6. The molecule has 6 aromatic carbocycles. The molecule has 56 heavy (non-hydrogen) atoms. The molecule has 0 heterocycles. The van der Waals surface area contributed by atoms with E-state index in [2.05, 4.69) is 79.7 Å². The summed E-state index contributed by atoms with van der Waals surface area (Å²) in [5.74, 6) is 0.598. The van der Waals surface area contributed by atoms with Crippen molar-refractivity contribution in [3.63, 3.8) is 0 Å². The van der Waals surface area contributed by atoms with Gasteiger partial charge in [-0.1, -0.05) is 83.9 Å². The number of aryl methyl sites for hydroxylation is 6. The third-order valence-corrected chi connectivity index (χ3v) is 9.91. The summed E-state index contributed by atoms with van der Waals surface area (Å²) in [6.45, 7) is 20.0. The minimum Gasteiger partial charge on any atom is -0.507 e. The largest absolute Gasteiger partial charge is 2.00 e. The summed E-state index contributed by atoms with van der Waals surface area (Å²) >= 11 is 0. The number of phenolic OH excluding ortho intramolecular Hbond substituents is 2. The first-order valence-electron chi connectivity index (χ1n) is 18.9. The molecule has 0 fully saturated rings.